The minimum atomic E-state index is -0.380. The largest absolute Gasteiger partial charge is 0.461 e. The Morgan fingerprint density at radius 3 is 2.52 bits per heavy atom. The highest BCUT2D eigenvalue weighted by Gasteiger charge is 2.24. The number of furan rings is 1. The van der Waals surface area contributed by atoms with Gasteiger partial charge in [-0.1, -0.05) is 29.3 Å². The van der Waals surface area contributed by atoms with Crippen LogP contribution in [-0.4, -0.2) is 11.1 Å². The first-order valence-corrected chi connectivity index (χ1v) is 9.47. The lowest BCUT2D eigenvalue weighted by Gasteiger charge is -2.04. The van der Waals surface area contributed by atoms with Gasteiger partial charge in [0, 0.05) is 11.8 Å². The van der Waals surface area contributed by atoms with Crippen LogP contribution in [0.5, 0.6) is 0 Å². The summed E-state index contributed by atoms with van der Waals surface area (Å²) in [5, 5.41) is 3.58. The number of nitrogens with two attached hydrogens (primary N) is 1. The van der Waals surface area contributed by atoms with Gasteiger partial charge in [0.25, 0.3) is 11.1 Å². The molecule has 2 amide bonds. The van der Waals surface area contributed by atoms with Crippen LogP contribution in [0.15, 0.2) is 45.7 Å². The standard InChI is InChI=1S/C19H12Cl2N2O3S/c20-13-5-10(6-14(21)17(13)22)4-12-8-11-3-9(1-2-15(11)26-12)7-16-18(24)23-19(25)27-16/h1-3,5-8H,4,22H2,(H,23,24,25)/b16-7-. The second-order valence-electron chi connectivity index (χ2n) is 6.01. The van der Waals surface area contributed by atoms with Crippen LogP contribution in [0.3, 0.4) is 0 Å². The number of thioether (sulfide) groups is 1. The topological polar surface area (TPSA) is 85.3 Å². The van der Waals surface area contributed by atoms with Gasteiger partial charge in [-0.2, -0.15) is 0 Å². The lowest BCUT2D eigenvalue weighted by atomic mass is 10.1. The fourth-order valence-corrected chi connectivity index (χ4v) is 4.02. The molecule has 0 radical (unpaired) electrons. The summed E-state index contributed by atoms with van der Waals surface area (Å²) >= 11 is 13.1. The molecule has 1 aliphatic rings. The van der Waals surface area contributed by atoms with E-state index in [0.29, 0.717) is 27.1 Å². The number of carbonyl (C=O) groups excluding carboxylic acids is 2. The molecular formula is C19H12Cl2N2O3S. The van der Waals surface area contributed by atoms with E-state index in [1.54, 1.807) is 18.2 Å². The van der Waals surface area contributed by atoms with E-state index in [4.69, 9.17) is 33.4 Å². The van der Waals surface area contributed by atoms with Gasteiger partial charge in [-0.3, -0.25) is 14.9 Å². The third kappa shape index (κ3) is 3.69. The van der Waals surface area contributed by atoms with Crippen LogP contribution in [0.2, 0.25) is 10.0 Å². The minimum absolute atomic E-state index is 0.358. The van der Waals surface area contributed by atoms with Crippen LogP contribution in [0, 0.1) is 0 Å². The molecule has 3 N–H and O–H groups in total. The van der Waals surface area contributed by atoms with E-state index in [9.17, 15) is 9.59 Å². The Kier molecular flexibility index (Phi) is 4.63. The molecule has 0 unspecified atom stereocenters. The average molecular weight is 419 g/mol. The highest BCUT2D eigenvalue weighted by molar-refractivity contribution is 8.18. The highest BCUT2D eigenvalue weighted by atomic mass is 35.5. The molecule has 0 spiro atoms. The van der Waals surface area contributed by atoms with E-state index in [0.717, 1.165) is 39.6 Å². The predicted molar refractivity (Wildman–Crippen MR) is 109 cm³/mol. The van der Waals surface area contributed by atoms with Crippen molar-refractivity contribution in [1.29, 1.82) is 0 Å². The van der Waals surface area contributed by atoms with E-state index < -0.39 is 0 Å². The van der Waals surface area contributed by atoms with Crippen molar-refractivity contribution in [3.8, 4) is 0 Å². The second kappa shape index (κ2) is 6.96. The average Bonchev–Trinajstić information content (AvgIpc) is 3.14. The SMILES string of the molecule is Nc1c(Cl)cc(Cc2cc3cc(/C=C4\SC(=O)NC4=O)ccc3o2)cc1Cl. The summed E-state index contributed by atoms with van der Waals surface area (Å²) in [6.45, 7) is 0. The van der Waals surface area contributed by atoms with Crippen LogP contribution < -0.4 is 11.1 Å². The van der Waals surface area contributed by atoms with Gasteiger partial charge >= 0.3 is 0 Å². The number of amides is 2. The van der Waals surface area contributed by atoms with Gasteiger partial charge in [-0.05, 0) is 59.3 Å². The molecule has 0 aliphatic carbocycles. The molecule has 8 heteroatoms. The van der Waals surface area contributed by atoms with Crippen molar-refractivity contribution in [2.75, 3.05) is 5.73 Å². The number of hydrogen-bond donors (Lipinski definition) is 2. The molecule has 1 fully saturated rings. The quantitative estimate of drug-likeness (QED) is 0.448. The fraction of sp³-hybridized carbons (Fsp3) is 0.0526. The van der Waals surface area contributed by atoms with Gasteiger partial charge in [0.15, 0.2) is 0 Å². The van der Waals surface area contributed by atoms with Crippen molar-refractivity contribution in [2.45, 2.75) is 6.42 Å². The zero-order valence-corrected chi connectivity index (χ0v) is 16.0. The number of benzene rings is 2. The molecular weight excluding hydrogens is 407 g/mol. The number of imide groups is 1. The number of rotatable bonds is 3. The molecule has 0 saturated carbocycles. The highest BCUT2D eigenvalue weighted by Crippen LogP contribution is 2.31. The van der Waals surface area contributed by atoms with Crippen LogP contribution in [0.1, 0.15) is 16.9 Å². The van der Waals surface area contributed by atoms with E-state index >= 15 is 0 Å². The normalized spacial score (nSPS) is 15.7. The maximum Gasteiger partial charge on any atom is 0.290 e. The van der Waals surface area contributed by atoms with E-state index in [-0.39, 0.29) is 11.1 Å². The van der Waals surface area contributed by atoms with Crippen LogP contribution in [0.25, 0.3) is 17.0 Å². The van der Waals surface area contributed by atoms with E-state index in [1.165, 1.54) is 0 Å². The van der Waals surface area contributed by atoms with Crippen molar-refractivity contribution < 1.29 is 14.0 Å². The summed E-state index contributed by atoms with van der Waals surface area (Å²) in [4.78, 5) is 23.3. The summed E-state index contributed by atoms with van der Waals surface area (Å²) in [5.74, 6) is 0.366. The van der Waals surface area contributed by atoms with Crippen molar-refractivity contribution in [1.82, 2.24) is 5.32 Å². The maximum atomic E-state index is 11.7. The lowest BCUT2D eigenvalue weighted by molar-refractivity contribution is -0.115. The van der Waals surface area contributed by atoms with Crippen LogP contribution in [-0.2, 0) is 11.2 Å². The molecule has 4 rings (SSSR count). The predicted octanol–water partition coefficient (Wildman–Crippen LogP) is 5.24. The van der Waals surface area contributed by atoms with E-state index in [2.05, 4.69) is 5.32 Å². The van der Waals surface area contributed by atoms with E-state index in [1.807, 2.05) is 24.3 Å². The zero-order valence-electron chi connectivity index (χ0n) is 13.7. The number of halogens is 2. The molecule has 27 heavy (non-hydrogen) atoms. The van der Waals surface area contributed by atoms with Crippen LogP contribution in [0.4, 0.5) is 10.5 Å². The first-order chi connectivity index (χ1) is 12.9. The molecule has 1 saturated heterocycles. The molecule has 1 aromatic heterocycles. The maximum absolute atomic E-state index is 11.7. The number of anilines is 1. The van der Waals surface area contributed by atoms with Gasteiger partial charge in [0.2, 0.25) is 0 Å². The van der Waals surface area contributed by atoms with Gasteiger partial charge in [0.05, 0.1) is 20.6 Å². The number of nitrogen functional groups attached to an aromatic ring is 1. The Bertz CT molecular complexity index is 1110. The summed E-state index contributed by atoms with van der Waals surface area (Å²) in [7, 11) is 0. The monoisotopic (exact) mass is 418 g/mol. The third-order valence-electron chi connectivity index (χ3n) is 4.05. The summed E-state index contributed by atoms with van der Waals surface area (Å²) in [6, 6.07) is 11.0. The molecule has 0 atom stereocenters. The zero-order chi connectivity index (χ0) is 19.1. The number of hydrogen-bond acceptors (Lipinski definition) is 5. The number of fused-ring (bicyclic) bond motifs is 1. The Morgan fingerprint density at radius 2 is 1.85 bits per heavy atom. The van der Waals surface area contributed by atoms with Gasteiger partial charge in [-0.15, -0.1) is 0 Å². The summed E-state index contributed by atoms with van der Waals surface area (Å²) in [5.41, 5.74) is 8.54. The Balaban J connectivity index is 1.62. The minimum Gasteiger partial charge on any atom is -0.461 e. The Morgan fingerprint density at radius 1 is 1.11 bits per heavy atom. The molecule has 3 aromatic rings. The first-order valence-electron chi connectivity index (χ1n) is 7.90. The second-order valence-corrected chi connectivity index (χ2v) is 7.84. The summed E-state index contributed by atoms with van der Waals surface area (Å²) in [6.07, 6.45) is 2.19. The van der Waals surface area contributed by atoms with Crippen molar-refractivity contribution >= 4 is 68.8 Å². The molecule has 1 aliphatic heterocycles. The lowest BCUT2D eigenvalue weighted by Crippen LogP contribution is -2.17. The molecule has 0 bridgehead atoms. The molecule has 2 aromatic carbocycles. The third-order valence-corrected chi connectivity index (χ3v) is 5.48. The van der Waals surface area contributed by atoms with Crippen molar-refractivity contribution in [3.05, 3.63) is 68.2 Å². The summed E-state index contributed by atoms with van der Waals surface area (Å²) < 4.78 is 5.87. The van der Waals surface area contributed by atoms with Gasteiger partial charge in [0.1, 0.15) is 11.3 Å². The molecule has 136 valence electrons. The fourth-order valence-electron chi connectivity index (χ4n) is 2.81. The number of nitrogens with one attached hydrogen (secondary N) is 1. The molecule has 2 heterocycles. The van der Waals surface area contributed by atoms with Gasteiger partial charge < -0.3 is 10.2 Å². The number of carbonyl (C=O) groups is 2. The Hall–Kier alpha value is -2.41. The van der Waals surface area contributed by atoms with Crippen molar-refractivity contribution in [2.24, 2.45) is 0 Å². The Labute approximate surface area is 168 Å². The smallest absolute Gasteiger partial charge is 0.290 e. The molecule has 5 nitrogen and oxygen atoms in total. The van der Waals surface area contributed by atoms with Gasteiger partial charge in [-0.25, -0.2) is 0 Å². The van der Waals surface area contributed by atoms with Crippen molar-refractivity contribution in [3.63, 3.8) is 0 Å². The first kappa shape index (κ1) is 18.0. The van der Waals surface area contributed by atoms with Crippen LogP contribution >= 0.6 is 35.0 Å².